The maximum Gasteiger partial charge on any atom is 0.165 e. The molecule has 3 saturated carbocycles. The molecule has 186 valence electrons. The highest BCUT2D eigenvalue weighted by molar-refractivity contribution is 5.61. The number of benzene rings is 1. The van der Waals surface area contributed by atoms with Gasteiger partial charge in [-0.2, -0.15) is 0 Å². The molecule has 0 amide bonds. The van der Waals surface area contributed by atoms with Crippen molar-refractivity contribution < 1.29 is 19.7 Å². The van der Waals surface area contributed by atoms with Crippen molar-refractivity contribution >= 4 is 0 Å². The second-order valence-electron chi connectivity index (χ2n) is 13.4. The van der Waals surface area contributed by atoms with Crippen LogP contribution in [0.3, 0.4) is 0 Å². The van der Waals surface area contributed by atoms with Crippen LogP contribution in [0.25, 0.3) is 0 Å². The van der Waals surface area contributed by atoms with Crippen molar-refractivity contribution in [3.63, 3.8) is 0 Å². The predicted octanol–water partition coefficient (Wildman–Crippen LogP) is 5.78. The topological polar surface area (TPSA) is 58.9 Å². The van der Waals surface area contributed by atoms with E-state index in [1.54, 1.807) is 7.11 Å². The maximum absolute atomic E-state index is 12.1. The molecule has 1 heterocycles. The Morgan fingerprint density at radius 1 is 1.21 bits per heavy atom. The Balaban J connectivity index is 1.57. The second kappa shape index (κ2) is 7.03. The Hall–Kier alpha value is -1.52. The molecule has 4 heteroatoms. The Bertz CT molecular complexity index is 1020. The average molecular weight is 467 g/mol. The molecule has 1 spiro atoms. The summed E-state index contributed by atoms with van der Waals surface area (Å²) in [6.07, 6.45) is 9.97. The third kappa shape index (κ3) is 2.68. The summed E-state index contributed by atoms with van der Waals surface area (Å²) >= 11 is 0. The molecule has 2 bridgehead atoms. The van der Waals surface area contributed by atoms with Crippen LogP contribution in [0.15, 0.2) is 24.8 Å². The molecule has 0 aromatic heterocycles. The van der Waals surface area contributed by atoms with E-state index in [0.29, 0.717) is 17.6 Å². The monoisotopic (exact) mass is 466 g/mol. The molecular weight excluding hydrogens is 424 g/mol. The van der Waals surface area contributed by atoms with Crippen LogP contribution in [0.1, 0.15) is 77.3 Å². The smallest absolute Gasteiger partial charge is 0.165 e. The first-order chi connectivity index (χ1) is 16.0. The first kappa shape index (κ1) is 22.9. The lowest BCUT2D eigenvalue weighted by Crippen LogP contribution is -2.73. The number of aromatic hydroxyl groups is 1. The van der Waals surface area contributed by atoms with Gasteiger partial charge in [-0.1, -0.05) is 45.8 Å². The number of phenols is 1. The van der Waals surface area contributed by atoms with Crippen molar-refractivity contribution in [2.45, 2.75) is 95.4 Å². The van der Waals surface area contributed by atoms with E-state index in [1.807, 2.05) is 19.1 Å². The van der Waals surface area contributed by atoms with Gasteiger partial charge in [-0.15, -0.1) is 6.58 Å². The van der Waals surface area contributed by atoms with Gasteiger partial charge in [-0.05, 0) is 79.7 Å². The molecule has 5 aliphatic rings. The van der Waals surface area contributed by atoms with Gasteiger partial charge < -0.3 is 19.7 Å². The van der Waals surface area contributed by atoms with Gasteiger partial charge in [0.25, 0.3) is 0 Å². The van der Waals surface area contributed by atoms with E-state index in [2.05, 4.69) is 33.4 Å². The number of rotatable bonds is 5. The van der Waals surface area contributed by atoms with Gasteiger partial charge in [-0.3, -0.25) is 0 Å². The van der Waals surface area contributed by atoms with Crippen molar-refractivity contribution in [3.05, 3.63) is 35.9 Å². The Labute approximate surface area is 204 Å². The maximum atomic E-state index is 12.1. The van der Waals surface area contributed by atoms with Crippen molar-refractivity contribution in [3.8, 4) is 11.5 Å². The minimum atomic E-state index is -0.987. The van der Waals surface area contributed by atoms with E-state index in [-0.39, 0.29) is 28.6 Å². The first-order valence-corrected chi connectivity index (χ1v) is 13.4. The third-order valence-corrected chi connectivity index (χ3v) is 11.2. The highest BCUT2D eigenvalue weighted by Gasteiger charge is 2.74. The summed E-state index contributed by atoms with van der Waals surface area (Å²) < 4.78 is 13.2. The summed E-state index contributed by atoms with van der Waals surface area (Å²) in [5, 5.41) is 23.1. The van der Waals surface area contributed by atoms with Gasteiger partial charge in [0, 0.05) is 24.0 Å². The number of methoxy groups -OCH3 is 1. The fourth-order valence-corrected chi connectivity index (χ4v) is 8.85. The zero-order valence-corrected chi connectivity index (χ0v) is 21.6. The van der Waals surface area contributed by atoms with Crippen LogP contribution in [0, 0.1) is 35.0 Å². The molecule has 6 rings (SSSR count). The van der Waals surface area contributed by atoms with E-state index in [9.17, 15) is 10.2 Å². The SMILES string of the molecule is C=C[C@@]1(OC)[C@@H]([C@](C)(O)C(C)(C)C)CC2[C@H]3Cc4ccc(O)c5c4[C@@]2(CC[C@H]3CC2CC2)[C@H]1O5. The first-order valence-electron chi connectivity index (χ1n) is 13.4. The largest absolute Gasteiger partial charge is 0.504 e. The molecule has 1 aromatic carbocycles. The molecule has 0 saturated heterocycles. The molecule has 1 aliphatic heterocycles. The van der Waals surface area contributed by atoms with Gasteiger partial charge in [-0.25, -0.2) is 0 Å². The van der Waals surface area contributed by atoms with Crippen molar-refractivity contribution in [2.24, 2.45) is 35.0 Å². The fourth-order valence-electron chi connectivity index (χ4n) is 8.85. The van der Waals surface area contributed by atoms with Gasteiger partial charge in [0.1, 0.15) is 11.7 Å². The number of aliphatic hydroxyl groups is 1. The Morgan fingerprint density at radius 3 is 2.56 bits per heavy atom. The lowest BCUT2D eigenvalue weighted by Gasteiger charge is -2.65. The molecular formula is C30H42O4. The minimum absolute atomic E-state index is 0.161. The summed E-state index contributed by atoms with van der Waals surface area (Å²) in [5.74, 6) is 3.36. The third-order valence-electron chi connectivity index (χ3n) is 11.2. The number of hydrogen-bond donors (Lipinski definition) is 2. The number of hydrogen-bond acceptors (Lipinski definition) is 4. The van der Waals surface area contributed by atoms with Gasteiger partial charge >= 0.3 is 0 Å². The summed E-state index contributed by atoms with van der Waals surface area (Å²) in [6.45, 7) is 12.6. The quantitative estimate of drug-likeness (QED) is 0.540. The van der Waals surface area contributed by atoms with E-state index >= 15 is 0 Å². The zero-order chi connectivity index (χ0) is 24.3. The summed E-state index contributed by atoms with van der Waals surface area (Å²) in [4.78, 5) is 0. The van der Waals surface area contributed by atoms with Gasteiger partial charge in [0.05, 0.1) is 5.60 Å². The second-order valence-corrected chi connectivity index (χ2v) is 13.4. The number of ether oxygens (including phenoxy) is 2. The molecule has 2 N–H and O–H groups in total. The van der Waals surface area contributed by atoms with Crippen molar-refractivity contribution in [1.82, 2.24) is 0 Å². The van der Waals surface area contributed by atoms with Crippen LogP contribution in [0.5, 0.6) is 11.5 Å². The Morgan fingerprint density at radius 2 is 1.94 bits per heavy atom. The zero-order valence-electron chi connectivity index (χ0n) is 21.6. The highest BCUT2D eigenvalue weighted by Crippen LogP contribution is 2.71. The van der Waals surface area contributed by atoms with Crippen molar-refractivity contribution in [1.29, 1.82) is 0 Å². The van der Waals surface area contributed by atoms with E-state index in [1.165, 1.54) is 36.8 Å². The van der Waals surface area contributed by atoms with Crippen LogP contribution in [0.2, 0.25) is 0 Å². The molecule has 4 nitrogen and oxygen atoms in total. The predicted molar refractivity (Wildman–Crippen MR) is 133 cm³/mol. The lowest BCUT2D eigenvalue weighted by molar-refractivity contribution is -0.238. The van der Waals surface area contributed by atoms with Crippen LogP contribution < -0.4 is 4.74 Å². The fraction of sp³-hybridized carbons (Fsp3) is 0.733. The molecule has 34 heavy (non-hydrogen) atoms. The van der Waals surface area contributed by atoms with Gasteiger partial charge in [0.15, 0.2) is 11.5 Å². The lowest BCUT2D eigenvalue weighted by atomic mass is 9.40. The Kier molecular flexibility index (Phi) is 4.74. The summed E-state index contributed by atoms with van der Waals surface area (Å²) in [7, 11) is 1.75. The normalized spacial score (nSPS) is 41.9. The van der Waals surface area contributed by atoms with Crippen LogP contribution in [-0.4, -0.2) is 34.6 Å². The number of phenolic OH excluding ortho intramolecular Hbond substituents is 1. The summed E-state index contributed by atoms with van der Waals surface area (Å²) in [5.41, 5.74) is 0.222. The molecule has 0 radical (unpaired) electrons. The van der Waals surface area contributed by atoms with E-state index < -0.39 is 11.2 Å². The summed E-state index contributed by atoms with van der Waals surface area (Å²) in [6, 6.07) is 3.96. The van der Waals surface area contributed by atoms with Gasteiger partial charge in [0.2, 0.25) is 0 Å². The molecule has 8 atom stereocenters. The van der Waals surface area contributed by atoms with Crippen LogP contribution in [0.4, 0.5) is 0 Å². The van der Waals surface area contributed by atoms with E-state index in [4.69, 9.17) is 9.47 Å². The van der Waals surface area contributed by atoms with Crippen LogP contribution in [-0.2, 0) is 16.6 Å². The molecule has 1 unspecified atom stereocenters. The standard InChI is InChI=1S/C30H42O4/c1-7-30(33-6)23(28(5,32)27(2,3)4)16-21-20-15-19-10-11-22(31)25-24(19)29(21,26(30)34-25)13-12-18(20)14-17-8-9-17/h7,10-11,17-18,20-21,23,26,31-32H,1,8-9,12-16H2,2-6H3/t18-,20-,21?,23+,26+,28-,29-,30+/m0/s1. The van der Waals surface area contributed by atoms with Crippen molar-refractivity contribution in [2.75, 3.05) is 7.11 Å². The highest BCUT2D eigenvalue weighted by atomic mass is 16.6. The minimum Gasteiger partial charge on any atom is -0.504 e. The molecule has 3 fully saturated rings. The van der Waals surface area contributed by atoms with E-state index in [0.717, 1.165) is 31.1 Å². The average Bonchev–Trinajstić information content (AvgIpc) is 3.53. The van der Waals surface area contributed by atoms with Crippen LogP contribution >= 0.6 is 0 Å². The molecule has 4 aliphatic carbocycles. The molecule has 1 aromatic rings.